The second kappa shape index (κ2) is 9.46. The molecule has 1 aliphatic carbocycles. The van der Waals surface area contributed by atoms with Crippen molar-refractivity contribution in [3.05, 3.63) is 42.5 Å². The minimum atomic E-state index is -0.467. The molecule has 0 spiro atoms. The Labute approximate surface area is 206 Å². The van der Waals surface area contributed by atoms with Gasteiger partial charge in [-0.05, 0) is 76.4 Å². The molecule has 1 saturated heterocycles. The summed E-state index contributed by atoms with van der Waals surface area (Å²) in [5.74, 6) is 1.37. The maximum Gasteiger partial charge on any atom is 0.413 e. The Morgan fingerprint density at radius 3 is 2.34 bits per heavy atom. The van der Waals surface area contributed by atoms with E-state index in [1.807, 2.05) is 51.1 Å². The molecule has 3 aromatic rings. The number of nitrogen functional groups attached to an aromatic ring is 1. The molecule has 0 bridgehead atoms. The van der Waals surface area contributed by atoms with Crippen LogP contribution in [-0.2, 0) is 4.74 Å². The van der Waals surface area contributed by atoms with E-state index in [0.29, 0.717) is 11.8 Å². The van der Waals surface area contributed by atoms with E-state index in [0.717, 1.165) is 72.5 Å². The van der Waals surface area contributed by atoms with Crippen LogP contribution in [0.25, 0.3) is 22.2 Å². The van der Waals surface area contributed by atoms with Gasteiger partial charge in [0.15, 0.2) is 0 Å². The minimum absolute atomic E-state index is 0.188. The number of fused-ring (bicyclic) bond motifs is 1. The fourth-order valence-electron chi connectivity index (χ4n) is 4.81. The zero-order valence-corrected chi connectivity index (χ0v) is 20.8. The predicted octanol–water partition coefficient (Wildman–Crippen LogP) is 6.06. The van der Waals surface area contributed by atoms with E-state index in [9.17, 15) is 4.79 Å². The van der Waals surface area contributed by atoms with Gasteiger partial charge in [0.2, 0.25) is 0 Å². The van der Waals surface area contributed by atoms with Gasteiger partial charge in [-0.3, -0.25) is 0 Å². The van der Waals surface area contributed by atoms with E-state index in [1.165, 1.54) is 6.42 Å². The Morgan fingerprint density at radius 1 is 1.03 bits per heavy atom. The van der Waals surface area contributed by atoms with Gasteiger partial charge in [-0.2, -0.15) is 0 Å². The molecule has 2 aliphatic rings. The van der Waals surface area contributed by atoms with E-state index in [4.69, 9.17) is 19.9 Å². The summed E-state index contributed by atoms with van der Waals surface area (Å²) >= 11 is 0. The summed E-state index contributed by atoms with van der Waals surface area (Å²) in [4.78, 5) is 12.1. The van der Waals surface area contributed by atoms with E-state index in [1.54, 1.807) is 0 Å². The molecule has 1 saturated carbocycles. The fraction of sp³-hybridized carbons (Fsp3) is 0.464. The average molecular weight is 478 g/mol. The normalized spacial score (nSPS) is 17.2. The van der Waals surface area contributed by atoms with Gasteiger partial charge in [-0.1, -0.05) is 0 Å². The molecule has 1 aromatic heterocycles. The summed E-state index contributed by atoms with van der Waals surface area (Å²) in [5.41, 5.74) is 10.3. The topological polar surface area (TPSA) is 87.7 Å². The number of anilines is 1. The molecule has 0 unspecified atom stereocenters. The second-order valence-corrected chi connectivity index (χ2v) is 10.6. The third kappa shape index (κ3) is 5.10. The Morgan fingerprint density at radius 2 is 1.71 bits per heavy atom. The summed E-state index contributed by atoms with van der Waals surface area (Å²) < 4.78 is 19.6. The molecule has 1 amide bonds. The number of hydrogen-bond acceptors (Lipinski definition) is 5. The van der Waals surface area contributed by atoms with E-state index in [2.05, 4.69) is 22.0 Å². The lowest BCUT2D eigenvalue weighted by atomic mass is 9.92. The smallest absolute Gasteiger partial charge is 0.413 e. The van der Waals surface area contributed by atoms with Crippen LogP contribution < -0.4 is 20.5 Å². The molecule has 186 valence electrons. The van der Waals surface area contributed by atoms with Crippen molar-refractivity contribution in [1.29, 1.82) is 0 Å². The number of rotatable bonds is 5. The molecule has 2 fully saturated rings. The first-order valence-electron chi connectivity index (χ1n) is 12.6. The van der Waals surface area contributed by atoms with Crippen molar-refractivity contribution in [1.82, 2.24) is 9.88 Å². The predicted molar refractivity (Wildman–Crippen MR) is 138 cm³/mol. The fourth-order valence-corrected chi connectivity index (χ4v) is 4.81. The summed E-state index contributed by atoms with van der Waals surface area (Å²) in [7, 11) is 0. The number of benzene rings is 2. The van der Waals surface area contributed by atoms with Crippen LogP contribution in [0.1, 0.15) is 58.9 Å². The molecule has 1 aliphatic heterocycles. The number of hydrogen-bond donors (Lipinski definition) is 2. The molecular formula is C28H35N3O4. The highest BCUT2D eigenvalue weighted by molar-refractivity contribution is 6.01. The van der Waals surface area contributed by atoms with Crippen molar-refractivity contribution in [3.63, 3.8) is 0 Å². The number of nitrogens with one attached hydrogen (secondary N) is 1. The zero-order valence-electron chi connectivity index (χ0n) is 20.8. The van der Waals surface area contributed by atoms with Gasteiger partial charge in [0, 0.05) is 41.4 Å². The Kier molecular flexibility index (Phi) is 6.36. The summed E-state index contributed by atoms with van der Waals surface area (Å²) in [6.07, 6.45) is 5.04. The highest BCUT2D eigenvalue weighted by Gasteiger charge is 2.27. The monoisotopic (exact) mass is 477 g/mol. The Bertz CT molecular complexity index is 1200. The number of aromatic nitrogens is 1. The SMILES string of the molecule is CC(C)(C)NC(=O)Oc1ccc(-c2c(N)c3ccc(OC4CCOCC4)cc3n2C2CCC2)cc1. The van der Waals surface area contributed by atoms with E-state index < -0.39 is 6.09 Å². The largest absolute Gasteiger partial charge is 0.490 e. The second-order valence-electron chi connectivity index (χ2n) is 10.6. The lowest BCUT2D eigenvalue weighted by Gasteiger charge is -2.30. The van der Waals surface area contributed by atoms with Crippen molar-refractivity contribution in [3.8, 4) is 22.8 Å². The lowest BCUT2D eigenvalue weighted by molar-refractivity contribution is 0.0256. The van der Waals surface area contributed by atoms with E-state index >= 15 is 0 Å². The van der Waals surface area contributed by atoms with Crippen LogP contribution >= 0.6 is 0 Å². The third-order valence-corrected chi connectivity index (χ3v) is 6.74. The van der Waals surface area contributed by atoms with Crippen LogP contribution in [0.2, 0.25) is 0 Å². The molecule has 0 radical (unpaired) electrons. The molecular weight excluding hydrogens is 442 g/mol. The van der Waals surface area contributed by atoms with Gasteiger partial charge in [0.05, 0.1) is 30.1 Å². The van der Waals surface area contributed by atoms with Gasteiger partial charge in [0.1, 0.15) is 17.6 Å². The summed E-state index contributed by atoms with van der Waals surface area (Å²) in [6.45, 7) is 7.25. The number of nitrogens with zero attached hydrogens (tertiary/aromatic N) is 1. The van der Waals surface area contributed by atoms with Crippen molar-refractivity contribution < 1.29 is 19.0 Å². The summed E-state index contributed by atoms with van der Waals surface area (Å²) in [5, 5.41) is 3.85. The van der Waals surface area contributed by atoms with Crippen LogP contribution in [0.4, 0.5) is 10.5 Å². The molecule has 5 rings (SSSR count). The number of carbonyl (C=O) groups excluding carboxylic acids is 1. The number of nitrogens with two attached hydrogens (primary N) is 1. The van der Waals surface area contributed by atoms with Crippen LogP contribution in [0.5, 0.6) is 11.5 Å². The highest BCUT2D eigenvalue weighted by Crippen LogP contribution is 2.45. The molecule has 2 aromatic carbocycles. The van der Waals surface area contributed by atoms with Crippen LogP contribution in [0.3, 0.4) is 0 Å². The van der Waals surface area contributed by atoms with Crippen LogP contribution in [0.15, 0.2) is 42.5 Å². The maximum absolute atomic E-state index is 12.1. The first kappa shape index (κ1) is 23.5. The molecule has 0 atom stereocenters. The molecule has 7 heteroatoms. The van der Waals surface area contributed by atoms with Gasteiger partial charge in [-0.15, -0.1) is 0 Å². The third-order valence-electron chi connectivity index (χ3n) is 6.74. The van der Waals surface area contributed by atoms with Crippen molar-refractivity contribution in [2.24, 2.45) is 0 Å². The van der Waals surface area contributed by atoms with Gasteiger partial charge < -0.3 is 29.8 Å². The molecule has 3 N–H and O–H groups in total. The highest BCUT2D eigenvalue weighted by atomic mass is 16.6. The minimum Gasteiger partial charge on any atom is -0.490 e. The first-order chi connectivity index (χ1) is 16.8. The number of carbonyl (C=O) groups is 1. The Hall–Kier alpha value is -3.19. The summed E-state index contributed by atoms with van der Waals surface area (Å²) in [6, 6.07) is 14.2. The standard InChI is InChI=1S/C28H35N3O4/c1-28(2,3)30-27(32)35-20-9-7-18(8-10-20)26-25(29)23-12-11-22(34-21-13-15-33-16-14-21)17-24(23)31(26)19-5-4-6-19/h7-12,17,19,21H,4-6,13-16,29H2,1-3H3,(H,30,32). The number of ether oxygens (including phenoxy) is 3. The lowest BCUT2D eigenvalue weighted by Crippen LogP contribution is -2.42. The number of amides is 1. The van der Waals surface area contributed by atoms with Crippen LogP contribution in [-0.4, -0.2) is 35.5 Å². The molecule has 35 heavy (non-hydrogen) atoms. The zero-order chi connectivity index (χ0) is 24.6. The quantitative estimate of drug-likeness (QED) is 0.466. The average Bonchev–Trinajstić information content (AvgIpc) is 3.04. The molecule has 7 nitrogen and oxygen atoms in total. The van der Waals surface area contributed by atoms with Crippen molar-refractivity contribution >= 4 is 22.7 Å². The van der Waals surface area contributed by atoms with Crippen molar-refractivity contribution in [2.45, 2.75) is 70.6 Å². The van der Waals surface area contributed by atoms with Gasteiger partial charge in [0.25, 0.3) is 0 Å². The maximum atomic E-state index is 12.1. The van der Waals surface area contributed by atoms with Crippen LogP contribution in [0, 0.1) is 0 Å². The van der Waals surface area contributed by atoms with Crippen molar-refractivity contribution in [2.75, 3.05) is 18.9 Å². The van der Waals surface area contributed by atoms with E-state index in [-0.39, 0.29) is 11.6 Å². The molecule has 2 heterocycles. The van der Waals surface area contributed by atoms with Gasteiger partial charge in [-0.25, -0.2) is 4.79 Å². The Balaban J connectivity index is 1.46. The van der Waals surface area contributed by atoms with Gasteiger partial charge >= 0.3 is 6.09 Å². The first-order valence-corrected chi connectivity index (χ1v) is 12.6.